The van der Waals surface area contributed by atoms with Crippen LogP contribution in [0.2, 0.25) is 0 Å². The fourth-order valence-electron chi connectivity index (χ4n) is 2.35. The van der Waals surface area contributed by atoms with E-state index in [-0.39, 0.29) is 18.3 Å². The number of nitrogens with one attached hydrogen (secondary N) is 1. The molecule has 2 aromatic carbocycles. The van der Waals surface area contributed by atoms with Crippen LogP contribution in [0.15, 0.2) is 61.1 Å². The minimum atomic E-state index is -0.296. The third kappa shape index (κ3) is 3.46. The summed E-state index contributed by atoms with van der Waals surface area (Å²) >= 11 is 0. The van der Waals surface area contributed by atoms with Crippen molar-refractivity contribution in [2.24, 2.45) is 0 Å². The lowest BCUT2D eigenvalue weighted by atomic mass is 10.1. The minimum Gasteiger partial charge on any atom is -0.348 e. The number of aromatic nitrogens is 2. The zero-order chi connectivity index (χ0) is 16.9. The van der Waals surface area contributed by atoms with Gasteiger partial charge in [0.05, 0.1) is 11.3 Å². The largest absolute Gasteiger partial charge is 0.348 e. The van der Waals surface area contributed by atoms with Gasteiger partial charge >= 0.3 is 0 Å². The van der Waals surface area contributed by atoms with E-state index in [4.69, 9.17) is 0 Å². The van der Waals surface area contributed by atoms with Crippen molar-refractivity contribution in [1.29, 1.82) is 0 Å². The van der Waals surface area contributed by atoms with Gasteiger partial charge in [-0.25, -0.2) is 14.4 Å². The summed E-state index contributed by atoms with van der Waals surface area (Å²) in [6.45, 7) is 1.93. The number of halogens is 1. The van der Waals surface area contributed by atoms with Crippen LogP contribution in [0, 0.1) is 12.7 Å². The Labute approximate surface area is 139 Å². The number of rotatable bonds is 4. The van der Waals surface area contributed by atoms with Crippen molar-refractivity contribution < 1.29 is 9.18 Å². The number of carbonyl (C=O) groups is 1. The Kier molecular flexibility index (Phi) is 4.61. The Morgan fingerprint density at radius 2 is 1.96 bits per heavy atom. The first-order chi connectivity index (χ1) is 11.6. The first-order valence-electron chi connectivity index (χ1n) is 7.54. The molecule has 5 heteroatoms. The van der Waals surface area contributed by atoms with E-state index in [1.807, 2.05) is 30.3 Å². The molecule has 0 bridgehead atoms. The lowest BCUT2D eigenvalue weighted by Crippen LogP contribution is -2.24. The van der Waals surface area contributed by atoms with Gasteiger partial charge in [-0.05, 0) is 24.1 Å². The van der Waals surface area contributed by atoms with Crippen molar-refractivity contribution in [3.05, 3.63) is 83.6 Å². The van der Waals surface area contributed by atoms with Gasteiger partial charge in [0.1, 0.15) is 12.1 Å². The number of nitrogens with zero attached hydrogens (tertiary/aromatic N) is 2. The van der Waals surface area contributed by atoms with Crippen LogP contribution in [-0.2, 0) is 6.54 Å². The van der Waals surface area contributed by atoms with Gasteiger partial charge in [-0.2, -0.15) is 0 Å². The summed E-state index contributed by atoms with van der Waals surface area (Å²) in [6, 6.07) is 14.3. The molecule has 1 N–H and O–H groups in total. The molecule has 0 spiro atoms. The smallest absolute Gasteiger partial charge is 0.255 e. The second-order valence-electron chi connectivity index (χ2n) is 5.42. The topological polar surface area (TPSA) is 54.9 Å². The number of hydrogen-bond acceptors (Lipinski definition) is 3. The van der Waals surface area contributed by atoms with Crippen LogP contribution >= 0.6 is 0 Å². The summed E-state index contributed by atoms with van der Waals surface area (Å²) in [5, 5.41) is 2.79. The quantitative estimate of drug-likeness (QED) is 0.800. The monoisotopic (exact) mass is 321 g/mol. The fraction of sp³-hybridized carbons (Fsp3) is 0.105. The first-order valence-corrected chi connectivity index (χ1v) is 7.54. The highest BCUT2D eigenvalue weighted by Gasteiger charge is 2.14. The highest BCUT2D eigenvalue weighted by atomic mass is 19.1. The van der Waals surface area contributed by atoms with Gasteiger partial charge in [-0.1, -0.05) is 42.5 Å². The molecule has 0 saturated carbocycles. The highest BCUT2D eigenvalue weighted by molar-refractivity contribution is 5.99. The summed E-state index contributed by atoms with van der Waals surface area (Å²) in [5.41, 5.74) is 3.07. The predicted molar refractivity (Wildman–Crippen MR) is 89.8 cm³/mol. The van der Waals surface area contributed by atoms with E-state index in [0.717, 1.165) is 5.56 Å². The summed E-state index contributed by atoms with van der Waals surface area (Å²) in [5.74, 6) is -0.579. The van der Waals surface area contributed by atoms with Crippen molar-refractivity contribution in [2.75, 3.05) is 0 Å². The molecule has 0 saturated heterocycles. The lowest BCUT2D eigenvalue weighted by Gasteiger charge is -2.09. The Morgan fingerprint density at radius 3 is 2.71 bits per heavy atom. The van der Waals surface area contributed by atoms with Gasteiger partial charge in [-0.3, -0.25) is 4.79 Å². The third-order valence-corrected chi connectivity index (χ3v) is 3.69. The van der Waals surface area contributed by atoms with Gasteiger partial charge in [0.25, 0.3) is 5.91 Å². The summed E-state index contributed by atoms with van der Waals surface area (Å²) in [4.78, 5) is 20.6. The molecule has 1 amide bonds. The third-order valence-electron chi connectivity index (χ3n) is 3.69. The van der Waals surface area contributed by atoms with Gasteiger partial charge in [0.15, 0.2) is 0 Å². The second kappa shape index (κ2) is 7.00. The molecule has 1 heterocycles. The Morgan fingerprint density at radius 1 is 1.17 bits per heavy atom. The van der Waals surface area contributed by atoms with Crippen LogP contribution in [0.25, 0.3) is 11.3 Å². The summed E-state index contributed by atoms with van der Waals surface area (Å²) < 4.78 is 13.6. The number of carbonyl (C=O) groups excluding carboxylic acids is 1. The molecule has 0 atom stereocenters. The van der Waals surface area contributed by atoms with Gasteiger partial charge in [-0.15, -0.1) is 0 Å². The molecular weight excluding hydrogens is 305 g/mol. The van der Waals surface area contributed by atoms with Gasteiger partial charge < -0.3 is 5.32 Å². The number of amides is 1. The summed E-state index contributed by atoms with van der Waals surface area (Å²) in [7, 11) is 0. The van der Waals surface area contributed by atoms with E-state index in [0.29, 0.717) is 22.4 Å². The van der Waals surface area contributed by atoms with E-state index in [1.165, 1.54) is 18.6 Å². The molecule has 0 aliphatic carbocycles. The van der Waals surface area contributed by atoms with Gasteiger partial charge in [0, 0.05) is 18.3 Å². The molecule has 1 aromatic heterocycles. The highest BCUT2D eigenvalue weighted by Crippen LogP contribution is 2.20. The zero-order valence-electron chi connectivity index (χ0n) is 13.2. The minimum absolute atomic E-state index is 0.235. The SMILES string of the molecule is Cc1ccc(CNC(=O)c2cncnc2-c2ccccc2)cc1F. The van der Waals surface area contributed by atoms with E-state index in [9.17, 15) is 9.18 Å². The molecule has 24 heavy (non-hydrogen) atoms. The molecule has 0 radical (unpaired) electrons. The lowest BCUT2D eigenvalue weighted by molar-refractivity contribution is 0.0951. The Bertz CT molecular complexity index is 865. The maximum atomic E-state index is 13.6. The standard InChI is InChI=1S/C19H16FN3O/c1-13-7-8-14(9-17(13)20)10-22-19(24)16-11-21-12-23-18(16)15-5-3-2-4-6-15/h2-9,11-12H,10H2,1H3,(H,22,24). The van der Waals surface area contributed by atoms with Crippen LogP contribution in [0.1, 0.15) is 21.5 Å². The molecule has 0 aliphatic heterocycles. The molecule has 120 valence electrons. The maximum Gasteiger partial charge on any atom is 0.255 e. The van der Waals surface area contributed by atoms with Crippen LogP contribution in [0.5, 0.6) is 0 Å². The van der Waals surface area contributed by atoms with Crippen LogP contribution in [-0.4, -0.2) is 15.9 Å². The average Bonchev–Trinajstić information content (AvgIpc) is 2.63. The molecule has 0 unspecified atom stereocenters. The van der Waals surface area contributed by atoms with Crippen LogP contribution < -0.4 is 5.32 Å². The van der Waals surface area contributed by atoms with Crippen molar-refractivity contribution >= 4 is 5.91 Å². The van der Waals surface area contributed by atoms with Crippen molar-refractivity contribution in [2.45, 2.75) is 13.5 Å². The maximum absolute atomic E-state index is 13.6. The second-order valence-corrected chi connectivity index (χ2v) is 5.42. The Balaban J connectivity index is 1.79. The van der Waals surface area contributed by atoms with Crippen molar-refractivity contribution in [3.63, 3.8) is 0 Å². The van der Waals surface area contributed by atoms with Crippen molar-refractivity contribution in [3.8, 4) is 11.3 Å². The summed E-state index contributed by atoms with van der Waals surface area (Å²) in [6.07, 6.45) is 2.90. The number of aryl methyl sites for hydroxylation is 1. The average molecular weight is 321 g/mol. The molecule has 4 nitrogen and oxygen atoms in total. The fourth-order valence-corrected chi connectivity index (χ4v) is 2.35. The molecule has 3 rings (SSSR count). The zero-order valence-corrected chi connectivity index (χ0v) is 13.2. The van der Waals surface area contributed by atoms with E-state index < -0.39 is 0 Å². The van der Waals surface area contributed by atoms with E-state index >= 15 is 0 Å². The van der Waals surface area contributed by atoms with Crippen LogP contribution in [0.4, 0.5) is 4.39 Å². The number of hydrogen-bond donors (Lipinski definition) is 1. The normalized spacial score (nSPS) is 10.4. The van der Waals surface area contributed by atoms with Crippen molar-refractivity contribution in [1.82, 2.24) is 15.3 Å². The molecule has 0 fully saturated rings. The molecule has 3 aromatic rings. The molecular formula is C19H16FN3O. The predicted octanol–water partition coefficient (Wildman–Crippen LogP) is 3.52. The number of benzene rings is 2. The van der Waals surface area contributed by atoms with E-state index in [2.05, 4.69) is 15.3 Å². The first kappa shape index (κ1) is 15.8. The van der Waals surface area contributed by atoms with Crippen LogP contribution in [0.3, 0.4) is 0 Å². The Hall–Kier alpha value is -3.08. The van der Waals surface area contributed by atoms with E-state index in [1.54, 1.807) is 19.1 Å². The molecule has 0 aliphatic rings. The van der Waals surface area contributed by atoms with Gasteiger partial charge in [0.2, 0.25) is 0 Å².